The van der Waals surface area contributed by atoms with Gasteiger partial charge >= 0.3 is 5.97 Å². The van der Waals surface area contributed by atoms with Crippen molar-refractivity contribution in [2.45, 2.75) is 26.7 Å². The molecule has 5 heteroatoms. The highest BCUT2D eigenvalue weighted by atomic mass is 32.1. The van der Waals surface area contributed by atoms with Crippen LogP contribution in [0.15, 0.2) is 23.1 Å². The quantitative estimate of drug-likeness (QED) is 0.686. The van der Waals surface area contributed by atoms with Crippen molar-refractivity contribution in [2.24, 2.45) is 23.0 Å². The van der Waals surface area contributed by atoms with Crippen molar-refractivity contribution in [2.75, 3.05) is 6.61 Å². The highest BCUT2D eigenvalue weighted by Gasteiger charge is 2.51. The van der Waals surface area contributed by atoms with Crippen molar-refractivity contribution >= 4 is 23.2 Å². The van der Waals surface area contributed by atoms with E-state index in [1.54, 1.807) is 5.38 Å². The molecule has 1 amide bonds. The van der Waals surface area contributed by atoms with E-state index < -0.39 is 5.91 Å². The molecule has 0 saturated heterocycles. The number of allylic oxidation sites excluding steroid dienone is 1. The molecule has 0 aromatic carbocycles. The van der Waals surface area contributed by atoms with Crippen molar-refractivity contribution in [3.63, 3.8) is 0 Å². The van der Waals surface area contributed by atoms with E-state index in [1.807, 2.05) is 0 Å². The summed E-state index contributed by atoms with van der Waals surface area (Å²) < 4.78 is 5.40. The maximum atomic E-state index is 12.0. The Morgan fingerprint density at radius 3 is 2.81 bits per heavy atom. The van der Waals surface area contributed by atoms with Crippen molar-refractivity contribution in [1.29, 1.82) is 0 Å². The summed E-state index contributed by atoms with van der Waals surface area (Å²) in [5.74, 6) is 0.404. The van der Waals surface area contributed by atoms with Gasteiger partial charge in [0.15, 0.2) is 0 Å². The second-order valence-electron chi connectivity index (χ2n) is 6.46. The summed E-state index contributed by atoms with van der Waals surface area (Å²) in [5, 5.41) is 1.58. The Morgan fingerprint density at radius 1 is 1.48 bits per heavy atom. The summed E-state index contributed by atoms with van der Waals surface area (Å²) in [6.07, 6.45) is 4.52. The molecule has 2 bridgehead atoms. The van der Waals surface area contributed by atoms with Crippen LogP contribution in [0.5, 0.6) is 0 Å². The van der Waals surface area contributed by atoms with Gasteiger partial charge in [0.2, 0.25) is 5.91 Å². The third-order valence-electron chi connectivity index (χ3n) is 5.04. The molecule has 0 aliphatic heterocycles. The molecule has 21 heavy (non-hydrogen) atoms. The number of hydrogen-bond acceptors (Lipinski definition) is 4. The number of nitrogens with two attached hydrogens (primary N) is 1. The molecule has 1 aromatic heterocycles. The first-order valence-electron chi connectivity index (χ1n) is 7.14. The molecule has 0 unspecified atom stereocenters. The minimum absolute atomic E-state index is 0.332. The monoisotopic (exact) mass is 305 g/mol. The van der Waals surface area contributed by atoms with Gasteiger partial charge in [-0.3, -0.25) is 4.79 Å². The fourth-order valence-electron chi connectivity index (χ4n) is 3.43. The summed E-state index contributed by atoms with van der Waals surface area (Å²) in [6.45, 7) is 4.93. The van der Waals surface area contributed by atoms with Crippen LogP contribution < -0.4 is 5.73 Å². The van der Waals surface area contributed by atoms with E-state index in [9.17, 15) is 9.59 Å². The normalized spacial score (nSPS) is 25.7. The second kappa shape index (κ2) is 4.98. The van der Waals surface area contributed by atoms with Crippen LogP contribution in [0.2, 0.25) is 0 Å². The highest BCUT2D eigenvalue weighted by Crippen LogP contribution is 2.59. The Hall–Kier alpha value is -1.62. The van der Waals surface area contributed by atoms with Gasteiger partial charge in [-0.25, -0.2) is 4.79 Å². The van der Waals surface area contributed by atoms with Crippen LogP contribution in [-0.4, -0.2) is 18.5 Å². The van der Waals surface area contributed by atoms with Crippen molar-refractivity contribution in [3.8, 4) is 0 Å². The summed E-state index contributed by atoms with van der Waals surface area (Å²) in [5.41, 5.74) is 7.10. The van der Waals surface area contributed by atoms with Gasteiger partial charge in [0.1, 0.15) is 11.5 Å². The summed E-state index contributed by atoms with van der Waals surface area (Å²) in [4.78, 5) is 23.5. The van der Waals surface area contributed by atoms with Crippen LogP contribution >= 0.6 is 11.3 Å². The Morgan fingerprint density at radius 2 is 2.24 bits per heavy atom. The molecule has 2 N–H and O–H groups in total. The first-order valence-corrected chi connectivity index (χ1v) is 8.02. The highest BCUT2D eigenvalue weighted by molar-refractivity contribution is 7.12. The van der Waals surface area contributed by atoms with Crippen LogP contribution in [0.25, 0.3) is 0 Å². The summed E-state index contributed by atoms with van der Waals surface area (Å²) >= 11 is 1.19. The third-order valence-corrected chi connectivity index (χ3v) is 5.95. The first-order chi connectivity index (χ1) is 9.89. The number of primary amides is 1. The van der Waals surface area contributed by atoms with Gasteiger partial charge in [0.25, 0.3) is 0 Å². The fraction of sp³-hybridized carbons (Fsp3) is 0.500. The van der Waals surface area contributed by atoms with Crippen LogP contribution in [-0.2, 0) is 4.74 Å². The number of amides is 1. The van der Waals surface area contributed by atoms with Gasteiger partial charge in [-0.15, -0.1) is 11.3 Å². The lowest BCUT2D eigenvalue weighted by Gasteiger charge is -2.56. The van der Waals surface area contributed by atoms with Crippen molar-refractivity contribution < 1.29 is 14.3 Å². The van der Waals surface area contributed by atoms with E-state index in [0.29, 0.717) is 28.4 Å². The summed E-state index contributed by atoms with van der Waals surface area (Å²) in [7, 11) is 0. The van der Waals surface area contributed by atoms with Crippen molar-refractivity contribution in [3.05, 3.63) is 33.5 Å². The molecule has 2 atom stereocenters. The maximum absolute atomic E-state index is 12.0. The molecule has 1 aromatic rings. The predicted octanol–water partition coefficient (Wildman–Crippen LogP) is 3.00. The molecule has 112 valence electrons. The molecule has 4 rings (SSSR count). The smallest absolute Gasteiger partial charge is 0.348 e. The third kappa shape index (κ3) is 2.39. The number of carbonyl (C=O) groups excluding carboxylic acids is 2. The van der Waals surface area contributed by atoms with Crippen LogP contribution in [0.3, 0.4) is 0 Å². The van der Waals surface area contributed by atoms with Gasteiger partial charge in [0.05, 0.1) is 5.56 Å². The van der Waals surface area contributed by atoms with Gasteiger partial charge < -0.3 is 10.5 Å². The van der Waals surface area contributed by atoms with Crippen LogP contribution in [0.1, 0.15) is 46.7 Å². The topological polar surface area (TPSA) is 69.4 Å². The lowest BCUT2D eigenvalue weighted by Crippen LogP contribution is -2.48. The number of carbonyl (C=O) groups is 2. The lowest BCUT2D eigenvalue weighted by molar-refractivity contribution is -0.0154. The van der Waals surface area contributed by atoms with Crippen LogP contribution in [0.4, 0.5) is 0 Å². The average molecular weight is 305 g/mol. The Balaban J connectivity index is 1.61. The van der Waals surface area contributed by atoms with E-state index in [0.717, 1.165) is 12.3 Å². The lowest BCUT2D eigenvalue weighted by atomic mass is 9.49. The Kier molecular flexibility index (Phi) is 3.40. The molecule has 1 heterocycles. The predicted molar refractivity (Wildman–Crippen MR) is 81.2 cm³/mol. The van der Waals surface area contributed by atoms with E-state index >= 15 is 0 Å². The first kappa shape index (κ1) is 14.3. The van der Waals surface area contributed by atoms with Crippen LogP contribution in [0, 0.1) is 17.3 Å². The minimum Gasteiger partial charge on any atom is -0.457 e. The Labute approximate surface area is 128 Å². The van der Waals surface area contributed by atoms with Crippen molar-refractivity contribution in [1.82, 2.24) is 0 Å². The fourth-order valence-corrected chi connectivity index (χ4v) is 4.22. The number of rotatable bonds is 4. The molecule has 4 nitrogen and oxygen atoms in total. The number of fused-ring (bicyclic) bond motifs is 1. The number of thiophene rings is 1. The molecule has 3 aliphatic carbocycles. The molecule has 1 saturated carbocycles. The van der Waals surface area contributed by atoms with E-state index in [4.69, 9.17) is 10.5 Å². The van der Waals surface area contributed by atoms with Gasteiger partial charge in [-0.1, -0.05) is 19.9 Å². The molecular weight excluding hydrogens is 286 g/mol. The van der Waals surface area contributed by atoms with E-state index in [2.05, 4.69) is 19.9 Å². The van der Waals surface area contributed by atoms with E-state index in [1.165, 1.54) is 29.4 Å². The molecular formula is C16H19NO3S. The number of ether oxygens (including phenoxy) is 1. The van der Waals surface area contributed by atoms with E-state index in [-0.39, 0.29) is 5.97 Å². The number of hydrogen-bond donors (Lipinski definition) is 1. The Bertz CT molecular complexity index is 629. The molecule has 0 radical (unpaired) electrons. The maximum Gasteiger partial charge on any atom is 0.348 e. The zero-order valence-electron chi connectivity index (χ0n) is 12.2. The van der Waals surface area contributed by atoms with Gasteiger partial charge in [0, 0.05) is 5.38 Å². The standard InChI is InChI=1S/C16H19NO3S/c1-16(2)11-4-3-9(12(16)6-11)7-20-15(19)13-5-10(8-21-13)14(17)18/h3,5,8,11-12H,4,6-7H2,1-2H3,(H2,17,18)/t11-,12-/m0/s1. The zero-order valence-corrected chi connectivity index (χ0v) is 13.0. The molecule has 0 spiro atoms. The number of esters is 1. The van der Waals surface area contributed by atoms with Gasteiger partial charge in [-0.2, -0.15) is 0 Å². The molecule has 3 aliphatic rings. The van der Waals surface area contributed by atoms with Gasteiger partial charge in [-0.05, 0) is 41.7 Å². The minimum atomic E-state index is -0.525. The average Bonchev–Trinajstić information content (AvgIpc) is 2.94. The second-order valence-corrected chi connectivity index (χ2v) is 7.37. The zero-order chi connectivity index (χ0) is 15.2. The summed E-state index contributed by atoms with van der Waals surface area (Å²) in [6, 6.07) is 1.49. The SMILES string of the molecule is CC1(C)[C@H]2CC=C(COC(=O)c3cc(C(N)=O)cs3)[C@@H]1C2. The largest absolute Gasteiger partial charge is 0.457 e. The molecule has 1 fully saturated rings.